The molecule has 0 aliphatic carbocycles. The Labute approximate surface area is 207 Å². The van der Waals surface area contributed by atoms with Crippen molar-refractivity contribution in [1.29, 1.82) is 0 Å². The number of imidazole rings is 1. The van der Waals surface area contributed by atoms with Crippen molar-refractivity contribution >= 4 is 40.8 Å². The maximum atomic E-state index is 12.8. The second-order valence-corrected chi connectivity index (χ2v) is 10.1. The second-order valence-electron chi connectivity index (χ2n) is 9.70. The number of carbonyl (C=O) groups excluding carboxylic acids is 3. The van der Waals surface area contributed by atoms with Gasteiger partial charge in [-0.05, 0) is 39.0 Å². The Kier molecular flexibility index (Phi) is 5.67. The maximum Gasteiger partial charge on any atom is 0.410 e. The lowest BCUT2D eigenvalue weighted by Gasteiger charge is -2.36. The van der Waals surface area contributed by atoms with Crippen LogP contribution in [0.15, 0.2) is 42.7 Å². The number of hydrogen-bond donors (Lipinski definition) is 0. The molecule has 2 aliphatic rings. The van der Waals surface area contributed by atoms with Crippen LogP contribution < -0.4 is 4.90 Å². The molecule has 0 spiro atoms. The zero-order valence-corrected chi connectivity index (χ0v) is 20.6. The number of halogens is 1. The SMILES string of the molecule is CC(C)(C)OC(=O)N1CCN(c2cc(Cl)cn3cc(CN4C(=O)c5ccccc5C4=O)nc23)CC1. The predicted octanol–water partition coefficient (Wildman–Crippen LogP) is 3.84. The Hall–Kier alpha value is -3.59. The molecular formula is C25H26ClN5O4. The van der Waals surface area contributed by atoms with Gasteiger partial charge in [-0.15, -0.1) is 0 Å². The van der Waals surface area contributed by atoms with Crippen LogP contribution >= 0.6 is 11.6 Å². The number of nitrogens with zero attached hydrogens (tertiary/aromatic N) is 5. The first-order valence-corrected chi connectivity index (χ1v) is 11.8. The number of carbonyl (C=O) groups is 3. The van der Waals surface area contributed by atoms with Crippen LogP contribution in [0.1, 0.15) is 47.2 Å². The third-order valence-corrected chi connectivity index (χ3v) is 6.23. The standard InChI is InChI=1S/C25H26ClN5O4/c1-25(2,3)35-24(34)29-10-8-28(9-11-29)20-12-16(26)13-30-14-17(27-21(20)30)15-31-22(32)18-6-4-5-7-19(18)23(31)33/h4-7,12-14H,8-11,15H2,1-3H3. The Bertz CT molecular complexity index is 1300. The van der Waals surface area contributed by atoms with Crippen molar-refractivity contribution in [3.8, 4) is 0 Å². The van der Waals surface area contributed by atoms with Gasteiger partial charge in [0.05, 0.1) is 34.1 Å². The lowest BCUT2D eigenvalue weighted by atomic mass is 10.1. The minimum Gasteiger partial charge on any atom is -0.444 e. The van der Waals surface area contributed by atoms with E-state index < -0.39 is 5.60 Å². The normalized spacial score (nSPS) is 16.3. The van der Waals surface area contributed by atoms with Crippen LogP contribution in [0.5, 0.6) is 0 Å². The van der Waals surface area contributed by atoms with Gasteiger partial charge in [0.1, 0.15) is 5.60 Å². The smallest absolute Gasteiger partial charge is 0.410 e. The number of hydrogen-bond acceptors (Lipinski definition) is 6. The summed E-state index contributed by atoms with van der Waals surface area (Å²) in [5.41, 5.74) is 2.36. The van der Waals surface area contributed by atoms with Gasteiger partial charge in [-0.3, -0.25) is 14.5 Å². The fourth-order valence-corrected chi connectivity index (χ4v) is 4.62. The first kappa shape index (κ1) is 23.2. The highest BCUT2D eigenvalue weighted by molar-refractivity contribution is 6.31. The van der Waals surface area contributed by atoms with Crippen molar-refractivity contribution in [2.24, 2.45) is 0 Å². The van der Waals surface area contributed by atoms with Gasteiger partial charge in [-0.25, -0.2) is 9.78 Å². The number of anilines is 1. The highest BCUT2D eigenvalue weighted by atomic mass is 35.5. The summed E-state index contributed by atoms with van der Waals surface area (Å²) in [6, 6.07) is 8.66. The van der Waals surface area contributed by atoms with E-state index in [2.05, 4.69) is 4.90 Å². The molecule has 10 heteroatoms. The fourth-order valence-electron chi connectivity index (χ4n) is 4.41. The second kappa shape index (κ2) is 8.57. The molecule has 0 N–H and O–H groups in total. The van der Waals surface area contributed by atoms with Gasteiger partial charge in [0.15, 0.2) is 5.65 Å². The van der Waals surface area contributed by atoms with Crippen LogP contribution in [0, 0.1) is 0 Å². The summed E-state index contributed by atoms with van der Waals surface area (Å²) in [6.45, 7) is 7.82. The third kappa shape index (κ3) is 4.43. The number of imide groups is 1. The highest BCUT2D eigenvalue weighted by Gasteiger charge is 2.35. The molecule has 0 unspecified atom stereocenters. The van der Waals surface area contributed by atoms with E-state index in [1.54, 1.807) is 41.6 Å². The van der Waals surface area contributed by atoms with Crippen molar-refractivity contribution in [2.75, 3.05) is 31.1 Å². The zero-order valence-electron chi connectivity index (χ0n) is 19.8. The van der Waals surface area contributed by atoms with Crippen LogP contribution in [0.2, 0.25) is 5.02 Å². The minimum atomic E-state index is -0.543. The van der Waals surface area contributed by atoms with Gasteiger partial charge in [-0.2, -0.15) is 0 Å². The summed E-state index contributed by atoms with van der Waals surface area (Å²) in [5.74, 6) is -0.640. The van der Waals surface area contributed by atoms with Crippen LogP contribution in [-0.2, 0) is 11.3 Å². The van der Waals surface area contributed by atoms with Gasteiger partial charge >= 0.3 is 6.09 Å². The molecule has 0 saturated carbocycles. The van der Waals surface area contributed by atoms with Crippen molar-refractivity contribution < 1.29 is 19.1 Å². The molecule has 9 nitrogen and oxygen atoms in total. The minimum absolute atomic E-state index is 0.0670. The molecule has 0 radical (unpaired) electrons. The molecule has 35 heavy (non-hydrogen) atoms. The van der Waals surface area contributed by atoms with E-state index in [1.165, 1.54) is 4.90 Å². The fraction of sp³-hybridized carbons (Fsp3) is 0.360. The van der Waals surface area contributed by atoms with Gasteiger partial charge in [0, 0.05) is 38.6 Å². The summed E-state index contributed by atoms with van der Waals surface area (Å²) >= 11 is 6.40. The number of piperazine rings is 1. The molecule has 5 rings (SSSR count). The van der Waals surface area contributed by atoms with Crippen LogP contribution in [0.25, 0.3) is 5.65 Å². The number of fused-ring (bicyclic) bond motifs is 2. The molecule has 0 bridgehead atoms. The summed E-state index contributed by atoms with van der Waals surface area (Å²) in [7, 11) is 0. The van der Waals surface area contributed by atoms with Gasteiger partial charge in [0.2, 0.25) is 0 Å². The quantitative estimate of drug-likeness (QED) is 0.513. The number of pyridine rings is 1. The zero-order chi connectivity index (χ0) is 24.9. The highest BCUT2D eigenvalue weighted by Crippen LogP contribution is 2.29. The molecule has 2 aromatic heterocycles. The Balaban J connectivity index is 1.35. The third-order valence-electron chi connectivity index (χ3n) is 6.02. The molecule has 182 valence electrons. The first-order valence-electron chi connectivity index (χ1n) is 11.5. The Morgan fingerprint density at radius 2 is 1.66 bits per heavy atom. The average Bonchev–Trinajstić information content (AvgIpc) is 3.32. The lowest BCUT2D eigenvalue weighted by Crippen LogP contribution is -2.50. The summed E-state index contributed by atoms with van der Waals surface area (Å²) < 4.78 is 7.30. The van der Waals surface area contributed by atoms with Gasteiger partial charge in [0.25, 0.3) is 11.8 Å². The lowest BCUT2D eigenvalue weighted by molar-refractivity contribution is 0.0240. The predicted molar refractivity (Wildman–Crippen MR) is 131 cm³/mol. The van der Waals surface area contributed by atoms with Crippen LogP contribution in [0.4, 0.5) is 10.5 Å². The van der Waals surface area contributed by atoms with E-state index in [0.29, 0.717) is 53.7 Å². The Morgan fingerprint density at radius 1 is 1.03 bits per heavy atom. The van der Waals surface area contributed by atoms with E-state index in [0.717, 1.165) is 5.69 Å². The molecule has 3 aromatic rings. The maximum absolute atomic E-state index is 12.8. The molecule has 1 fully saturated rings. The monoisotopic (exact) mass is 495 g/mol. The number of rotatable bonds is 3. The summed E-state index contributed by atoms with van der Waals surface area (Å²) in [5, 5.41) is 0.534. The molecule has 1 saturated heterocycles. The molecule has 3 amide bonds. The van der Waals surface area contributed by atoms with Crippen molar-refractivity contribution in [3.05, 3.63) is 64.6 Å². The largest absolute Gasteiger partial charge is 0.444 e. The molecule has 1 aromatic carbocycles. The van der Waals surface area contributed by atoms with Crippen molar-refractivity contribution in [3.63, 3.8) is 0 Å². The summed E-state index contributed by atoms with van der Waals surface area (Å²) in [4.78, 5) is 47.7. The molecule has 2 aliphatic heterocycles. The van der Waals surface area contributed by atoms with Crippen molar-refractivity contribution in [2.45, 2.75) is 32.9 Å². The van der Waals surface area contributed by atoms with Gasteiger partial charge in [-0.1, -0.05) is 23.7 Å². The average molecular weight is 496 g/mol. The van der Waals surface area contributed by atoms with Crippen LogP contribution in [0.3, 0.4) is 0 Å². The van der Waals surface area contributed by atoms with Gasteiger partial charge < -0.3 is 18.9 Å². The van der Waals surface area contributed by atoms with E-state index in [4.69, 9.17) is 21.3 Å². The molecule has 4 heterocycles. The number of aromatic nitrogens is 2. The number of amides is 3. The van der Waals surface area contributed by atoms with E-state index in [-0.39, 0.29) is 24.5 Å². The van der Waals surface area contributed by atoms with E-state index in [9.17, 15) is 14.4 Å². The topological polar surface area (TPSA) is 87.5 Å². The molecule has 0 atom stereocenters. The van der Waals surface area contributed by atoms with Crippen LogP contribution in [-0.4, -0.2) is 68.9 Å². The number of benzene rings is 1. The summed E-state index contributed by atoms with van der Waals surface area (Å²) in [6.07, 6.45) is 3.21. The first-order chi connectivity index (χ1) is 16.6. The van der Waals surface area contributed by atoms with Crippen molar-refractivity contribution in [1.82, 2.24) is 19.2 Å². The Morgan fingerprint density at radius 3 is 2.26 bits per heavy atom. The van der Waals surface area contributed by atoms with E-state index >= 15 is 0 Å². The van der Waals surface area contributed by atoms with E-state index in [1.807, 2.05) is 31.2 Å². The number of ether oxygens (including phenoxy) is 1. The molecular weight excluding hydrogens is 470 g/mol.